The Morgan fingerprint density at radius 3 is 0.625 bits per heavy atom. The molecule has 0 atom stereocenters. The van der Waals surface area contributed by atoms with Gasteiger partial charge in [-0.05, 0) is 119 Å². The Morgan fingerprint density at radius 2 is 0.500 bits per heavy atom. The smallest absolute Gasteiger partial charge is 0.0670 e. The fourth-order valence-electron chi connectivity index (χ4n) is 6.49. The molecule has 2 nitrogen and oxygen atoms in total. The van der Waals surface area contributed by atoms with E-state index >= 15 is 0 Å². The van der Waals surface area contributed by atoms with Gasteiger partial charge in [0.05, 0.1) is 8.64 Å². The Kier molecular flexibility index (Phi) is 22.3. The second kappa shape index (κ2) is 21.7. The summed E-state index contributed by atoms with van der Waals surface area (Å²) in [7, 11) is 0.186. The van der Waals surface area contributed by atoms with Crippen molar-refractivity contribution in [2.24, 2.45) is 11.5 Å². The zero-order valence-electron chi connectivity index (χ0n) is 28.8. The molecule has 0 aromatic carbocycles. The standard InChI is InChI=1S/C34H76N2S4/c1-9-17-25-39(26-18-10-2,27-19-11-3,28-20-12-4)33(35)37-38-34(36)40(29-21-13-5,30-22-14-6,31-23-15-7)32-24-16-8/h9-32,35-36H2,1-8H3. The number of nitrogens with two attached hydrogens (primary N) is 2. The molecule has 0 aromatic rings. The van der Waals surface area contributed by atoms with Gasteiger partial charge in [0.25, 0.3) is 0 Å². The molecule has 0 saturated heterocycles. The maximum absolute atomic E-state index is 7.54. The van der Waals surface area contributed by atoms with Gasteiger partial charge < -0.3 is 0 Å². The van der Waals surface area contributed by atoms with Gasteiger partial charge in [-0.15, -0.1) is 0 Å². The molecular formula is C34H76N2S4. The molecule has 0 aromatic heterocycles. The van der Waals surface area contributed by atoms with E-state index in [1.807, 2.05) is 21.6 Å². The molecule has 0 bridgehead atoms. The first-order valence-corrected chi connectivity index (χ1v) is 25.1. The minimum absolute atomic E-state index is 1.27. The van der Waals surface area contributed by atoms with E-state index in [0.717, 1.165) is 0 Å². The molecule has 0 radical (unpaired) electrons. The maximum Gasteiger partial charge on any atom is 0.0670 e. The Morgan fingerprint density at radius 1 is 0.350 bits per heavy atom. The largest absolute Gasteiger partial charge is 0.293 e. The number of unbranched alkanes of at least 4 members (excludes halogenated alkanes) is 8. The molecule has 0 saturated carbocycles. The molecular weight excluding hydrogens is 565 g/mol. The van der Waals surface area contributed by atoms with Crippen molar-refractivity contribution in [2.45, 2.75) is 158 Å². The van der Waals surface area contributed by atoms with Crippen molar-refractivity contribution in [3.63, 3.8) is 0 Å². The number of rotatable bonds is 24. The lowest BCUT2D eigenvalue weighted by molar-refractivity contribution is 0.825. The first kappa shape index (κ1) is 41.1. The van der Waals surface area contributed by atoms with Crippen molar-refractivity contribution >= 4 is 47.7 Å². The third kappa shape index (κ3) is 11.5. The highest BCUT2D eigenvalue weighted by atomic mass is 33.1. The Hall–Kier alpha value is 1.06. The molecule has 0 aliphatic heterocycles. The molecule has 4 N–H and O–H groups in total. The van der Waals surface area contributed by atoms with E-state index in [0.29, 0.717) is 0 Å². The van der Waals surface area contributed by atoms with Gasteiger partial charge in [-0.3, -0.25) is 11.5 Å². The van der Waals surface area contributed by atoms with Crippen LogP contribution in [0.1, 0.15) is 158 Å². The highest BCUT2D eigenvalue weighted by molar-refractivity contribution is 8.93. The zero-order valence-corrected chi connectivity index (χ0v) is 32.0. The molecule has 0 fully saturated rings. The molecule has 6 heteroatoms. The summed E-state index contributed by atoms with van der Waals surface area (Å²) in [6.45, 7) is 19.0. The Bertz CT molecular complexity index is 627. The minimum atomic E-state index is -1.88. The van der Waals surface area contributed by atoms with E-state index in [4.69, 9.17) is 11.5 Å². The van der Waals surface area contributed by atoms with Gasteiger partial charge in [0.2, 0.25) is 0 Å². The van der Waals surface area contributed by atoms with Crippen LogP contribution in [-0.2, 0) is 0 Å². The van der Waals surface area contributed by atoms with E-state index in [9.17, 15) is 0 Å². The summed E-state index contributed by atoms with van der Waals surface area (Å²) in [5.41, 5.74) is 15.1. The van der Waals surface area contributed by atoms with Gasteiger partial charge in [0.15, 0.2) is 0 Å². The SMILES string of the molecule is CCCCS(CCCC)(CCCC)(CCCC)=C(N)SSC(N)=S(CCCC)(CCCC)(CCCC)CCCC. The van der Waals surface area contributed by atoms with Crippen LogP contribution in [0.15, 0.2) is 0 Å². The molecule has 246 valence electrons. The fraction of sp³-hybridized carbons (Fsp3) is 0.941. The van der Waals surface area contributed by atoms with E-state index < -0.39 is 17.5 Å². The van der Waals surface area contributed by atoms with Crippen molar-refractivity contribution in [1.82, 2.24) is 0 Å². The van der Waals surface area contributed by atoms with E-state index in [1.165, 1.54) is 157 Å². The monoisotopic (exact) mass is 640 g/mol. The van der Waals surface area contributed by atoms with Crippen LogP contribution in [0.4, 0.5) is 0 Å². The van der Waals surface area contributed by atoms with Crippen LogP contribution in [0.3, 0.4) is 0 Å². The third-order valence-corrected chi connectivity index (χ3v) is 28.5. The van der Waals surface area contributed by atoms with Crippen LogP contribution < -0.4 is 11.5 Å². The summed E-state index contributed by atoms with van der Waals surface area (Å²) in [4.78, 5) is 0. The quantitative estimate of drug-likeness (QED) is 0.0814. The number of hydrogen-bond donors (Lipinski definition) is 2. The predicted molar refractivity (Wildman–Crippen MR) is 207 cm³/mol. The normalized spacial score (nSPS) is 14.4. The molecule has 0 aliphatic rings. The molecule has 40 heavy (non-hydrogen) atoms. The Labute approximate surface area is 262 Å². The van der Waals surface area contributed by atoms with Gasteiger partial charge in [-0.1, -0.05) is 107 Å². The van der Waals surface area contributed by atoms with Crippen LogP contribution >= 0.6 is 39.1 Å². The highest BCUT2D eigenvalue weighted by Crippen LogP contribution is 2.67. The third-order valence-electron chi connectivity index (χ3n) is 9.61. The predicted octanol–water partition coefficient (Wildman–Crippen LogP) is 11.5. The molecule has 0 spiro atoms. The van der Waals surface area contributed by atoms with Crippen LogP contribution in [0, 0.1) is 0 Å². The summed E-state index contributed by atoms with van der Waals surface area (Å²) < 4.78 is 2.66. The lowest BCUT2D eigenvalue weighted by atomic mass is 10.4. The molecule has 0 aliphatic carbocycles. The van der Waals surface area contributed by atoms with Gasteiger partial charge in [0, 0.05) is 0 Å². The lowest BCUT2D eigenvalue weighted by Gasteiger charge is -2.54. The van der Waals surface area contributed by atoms with Crippen molar-refractivity contribution < 1.29 is 0 Å². The van der Waals surface area contributed by atoms with Gasteiger partial charge >= 0.3 is 0 Å². The van der Waals surface area contributed by atoms with Crippen LogP contribution in [0.2, 0.25) is 0 Å². The zero-order chi connectivity index (χ0) is 30.4. The van der Waals surface area contributed by atoms with E-state index in [-0.39, 0.29) is 0 Å². The van der Waals surface area contributed by atoms with E-state index in [1.54, 1.807) is 0 Å². The van der Waals surface area contributed by atoms with Crippen molar-refractivity contribution in [3.05, 3.63) is 0 Å². The van der Waals surface area contributed by atoms with Gasteiger partial charge in [-0.25, -0.2) is 17.5 Å². The second-order valence-electron chi connectivity index (χ2n) is 12.9. The average molecular weight is 641 g/mol. The summed E-state index contributed by atoms with van der Waals surface area (Å²) in [5, 5.41) is 0. The fourth-order valence-corrected chi connectivity index (χ4v) is 27.2. The molecule has 0 amide bonds. The summed E-state index contributed by atoms with van der Waals surface area (Å²) >= 11 is 0. The minimum Gasteiger partial charge on any atom is -0.293 e. The molecule has 0 heterocycles. The van der Waals surface area contributed by atoms with Gasteiger partial charge in [0.1, 0.15) is 0 Å². The van der Waals surface area contributed by atoms with Crippen LogP contribution in [-0.4, -0.2) is 54.7 Å². The van der Waals surface area contributed by atoms with Crippen LogP contribution in [0.25, 0.3) is 0 Å². The summed E-state index contributed by atoms with van der Waals surface area (Å²) in [6.07, 6.45) is 20.7. The van der Waals surface area contributed by atoms with Crippen molar-refractivity contribution in [1.29, 1.82) is 0 Å². The highest BCUT2D eigenvalue weighted by Gasteiger charge is 2.38. The second-order valence-corrected chi connectivity index (χ2v) is 27.0. The van der Waals surface area contributed by atoms with Gasteiger partial charge in [-0.2, -0.15) is 0 Å². The Balaban J connectivity index is 7.29. The summed E-state index contributed by atoms with van der Waals surface area (Å²) in [6, 6.07) is 0. The average Bonchev–Trinajstić information content (AvgIpc) is 2.98. The first-order chi connectivity index (χ1) is 19.2. The van der Waals surface area contributed by atoms with Crippen molar-refractivity contribution in [3.8, 4) is 0 Å². The number of hydrogen-bond acceptors (Lipinski definition) is 2. The first-order valence-electron chi connectivity index (χ1n) is 17.5. The molecule has 0 rings (SSSR count). The maximum atomic E-state index is 7.54. The lowest BCUT2D eigenvalue weighted by Crippen LogP contribution is -2.36. The topological polar surface area (TPSA) is 52.0 Å². The van der Waals surface area contributed by atoms with Crippen molar-refractivity contribution in [2.75, 3.05) is 46.0 Å². The van der Waals surface area contributed by atoms with Crippen LogP contribution in [0.5, 0.6) is 0 Å². The van der Waals surface area contributed by atoms with E-state index in [2.05, 4.69) is 55.4 Å². The summed E-state index contributed by atoms with van der Waals surface area (Å²) in [5.74, 6) is 10.8. The molecule has 0 unspecified atom stereocenters.